The maximum absolute atomic E-state index is 12.2. The van der Waals surface area contributed by atoms with Gasteiger partial charge in [0.25, 0.3) is 0 Å². The van der Waals surface area contributed by atoms with Gasteiger partial charge in [0.1, 0.15) is 0 Å². The highest BCUT2D eigenvalue weighted by Crippen LogP contribution is 2.33. The molecule has 3 nitrogen and oxygen atoms in total. The zero-order chi connectivity index (χ0) is 14.3. The number of benzene rings is 1. The molecule has 108 valence electrons. The molecule has 2 heterocycles. The molecule has 0 N–H and O–H groups in total. The third kappa shape index (κ3) is 2.67. The molecule has 1 aromatic rings. The van der Waals surface area contributed by atoms with Crippen molar-refractivity contribution in [3.05, 3.63) is 33.8 Å². The number of carbonyl (C=O) groups excluding carboxylic acids is 1. The molecule has 20 heavy (non-hydrogen) atoms. The third-order valence-electron chi connectivity index (χ3n) is 4.44. The first kappa shape index (κ1) is 14.2. The van der Waals surface area contributed by atoms with Crippen molar-refractivity contribution in [1.29, 1.82) is 0 Å². The van der Waals surface area contributed by atoms with Crippen LogP contribution < -0.4 is 0 Å². The number of carbonyl (C=O) groups is 1. The Balaban J connectivity index is 1.68. The average Bonchev–Trinajstić information content (AvgIpc) is 2.82. The number of likely N-dealkylation sites (tertiary alicyclic amines) is 2. The zero-order valence-corrected chi connectivity index (χ0v) is 13.0. The molecule has 1 amide bonds. The Labute approximate surface area is 129 Å². The van der Waals surface area contributed by atoms with Crippen LogP contribution in [-0.2, 0) is 11.3 Å². The summed E-state index contributed by atoms with van der Waals surface area (Å²) in [7, 11) is 1.90. The van der Waals surface area contributed by atoms with Gasteiger partial charge in [0.2, 0.25) is 5.91 Å². The summed E-state index contributed by atoms with van der Waals surface area (Å²) in [6.45, 7) is 3.58. The molecule has 0 aromatic heterocycles. The Morgan fingerprint density at radius 2 is 2.05 bits per heavy atom. The van der Waals surface area contributed by atoms with Crippen LogP contribution in [-0.4, -0.2) is 42.4 Å². The van der Waals surface area contributed by atoms with E-state index in [9.17, 15) is 4.79 Å². The zero-order valence-electron chi connectivity index (χ0n) is 11.5. The van der Waals surface area contributed by atoms with Crippen LogP contribution in [0.25, 0.3) is 0 Å². The van der Waals surface area contributed by atoms with Gasteiger partial charge >= 0.3 is 0 Å². The smallest absolute Gasteiger partial charge is 0.227 e. The highest BCUT2D eigenvalue weighted by atomic mass is 35.5. The van der Waals surface area contributed by atoms with Gasteiger partial charge in [0.05, 0.1) is 16.0 Å². The summed E-state index contributed by atoms with van der Waals surface area (Å²) in [5.74, 6) is 0.996. The second-order valence-electron chi connectivity index (χ2n) is 5.86. The van der Waals surface area contributed by atoms with Gasteiger partial charge in [-0.05, 0) is 30.0 Å². The van der Waals surface area contributed by atoms with Gasteiger partial charge in [0, 0.05) is 33.2 Å². The molecule has 1 aromatic carbocycles. The minimum absolute atomic E-state index is 0.177. The van der Waals surface area contributed by atoms with Crippen molar-refractivity contribution in [2.24, 2.45) is 11.8 Å². The Bertz CT molecular complexity index is 535. The van der Waals surface area contributed by atoms with E-state index in [1.807, 2.05) is 30.1 Å². The van der Waals surface area contributed by atoms with Crippen molar-refractivity contribution >= 4 is 29.1 Å². The number of halogens is 2. The van der Waals surface area contributed by atoms with E-state index in [0.717, 1.165) is 38.2 Å². The largest absolute Gasteiger partial charge is 0.345 e. The predicted molar refractivity (Wildman–Crippen MR) is 81.0 cm³/mol. The lowest BCUT2D eigenvalue weighted by Gasteiger charge is -2.30. The van der Waals surface area contributed by atoms with Crippen molar-refractivity contribution in [1.82, 2.24) is 9.80 Å². The van der Waals surface area contributed by atoms with E-state index in [-0.39, 0.29) is 5.92 Å². The fourth-order valence-corrected chi connectivity index (χ4v) is 3.63. The molecule has 0 saturated carbocycles. The Hall–Kier alpha value is -0.770. The lowest BCUT2D eigenvalue weighted by atomic mass is 9.88. The SMILES string of the molecule is CN1CC[C@@H]2CN(Cc3ccc(Cl)c(Cl)c3)C[C@@H]2C1=O. The van der Waals surface area contributed by atoms with E-state index in [0.29, 0.717) is 21.9 Å². The molecule has 2 aliphatic heterocycles. The number of piperidine rings is 1. The molecule has 5 heteroatoms. The van der Waals surface area contributed by atoms with Crippen LogP contribution in [0.15, 0.2) is 18.2 Å². The first-order chi connectivity index (χ1) is 9.54. The summed E-state index contributed by atoms with van der Waals surface area (Å²) in [6.07, 6.45) is 1.12. The monoisotopic (exact) mass is 312 g/mol. The van der Waals surface area contributed by atoms with Gasteiger partial charge in [-0.1, -0.05) is 29.3 Å². The quantitative estimate of drug-likeness (QED) is 0.838. The maximum atomic E-state index is 12.2. The normalized spacial score (nSPS) is 26.9. The van der Waals surface area contributed by atoms with Gasteiger partial charge in [0.15, 0.2) is 0 Å². The molecular formula is C15H18Cl2N2O. The molecule has 2 fully saturated rings. The van der Waals surface area contributed by atoms with Crippen LogP contribution in [0.2, 0.25) is 10.0 Å². The van der Waals surface area contributed by atoms with Crippen LogP contribution in [0, 0.1) is 11.8 Å². The van der Waals surface area contributed by atoms with E-state index in [2.05, 4.69) is 4.90 Å². The molecule has 0 unspecified atom stereocenters. The molecule has 2 saturated heterocycles. The van der Waals surface area contributed by atoms with Crippen molar-refractivity contribution in [2.75, 3.05) is 26.7 Å². The van der Waals surface area contributed by atoms with Crippen molar-refractivity contribution in [2.45, 2.75) is 13.0 Å². The van der Waals surface area contributed by atoms with E-state index < -0.39 is 0 Å². The van der Waals surface area contributed by atoms with Gasteiger partial charge in [-0.2, -0.15) is 0 Å². The van der Waals surface area contributed by atoms with E-state index in [4.69, 9.17) is 23.2 Å². The molecule has 3 rings (SSSR count). The van der Waals surface area contributed by atoms with Crippen molar-refractivity contribution in [3.63, 3.8) is 0 Å². The third-order valence-corrected chi connectivity index (χ3v) is 5.17. The maximum Gasteiger partial charge on any atom is 0.227 e. The molecule has 2 atom stereocenters. The predicted octanol–water partition coefficient (Wildman–Crippen LogP) is 2.90. The summed E-state index contributed by atoms with van der Waals surface area (Å²) in [5.41, 5.74) is 1.15. The Kier molecular flexibility index (Phi) is 3.93. The number of fused-ring (bicyclic) bond motifs is 1. The number of hydrogen-bond donors (Lipinski definition) is 0. The first-order valence-electron chi connectivity index (χ1n) is 6.96. The summed E-state index contributed by atoms with van der Waals surface area (Å²) in [4.78, 5) is 16.4. The highest BCUT2D eigenvalue weighted by Gasteiger charge is 2.41. The highest BCUT2D eigenvalue weighted by molar-refractivity contribution is 6.42. The van der Waals surface area contributed by atoms with E-state index in [1.54, 1.807) is 0 Å². The fraction of sp³-hybridized carbons (Fsp3) is 0.533. The van der Waals surface area contributed by atoms with Crippen molar-refractivity contribution < 1.29 is 4.79 Å². The molecule has 2 aliphatic rings. The average molecular weight is 313 g/mol. The van der Waals surface area contributed by atoms with E-state index >= 15 is 0 Å². The summed E-state index contributed by atoms with van der Waals surface area (Å²) in [6, 6.07) is 5.76. The second-order valence-corrected chi connectivity index (χ2v) is 6.67. The van der Waals surface area contributed by atoms with Crippen LogP contribution in [0.4, 0.5) is 0 Å². The van der Waals surface area contributed by atoms with Gasteiger partial charge < -0.3 is 4.90 Å². The minimum Gasteiger partial charge on any atom is -0.345 e. The molecule has 0 aliphatic carbocycles. The van der Waals surface area contributed by atoms with Crippen LogP contribution in [0.5, 0.6) is 0 Å². The van der Waals surface area contributed by atoms with E-state index in [1.165, 1.54) is 0 Å². The van der Waals surface area contributed by atoms with Crippen molar-refractivity contribution in [3.8, 4) is 0 Å². The standard InChI is InChI=1S/C15H18Cl2N2O/c1-18-5-4-11-8-19(9-12(11)15(18)20)7-10-2-3-13(16)14(17)6-10/h2-3,6,11-12H,4-5,7-9H2,1H3/t11-,12+/m1/s1. The van der Waals surface area contributed by atoms with Gasteiger partial charge in [-0.15, -0.1) is 0 Å². The number of amides is 1. The molecule has 0 bridgehead atoms. The van der Waals surface area contributed by atoms with Crippen LogP contribution in [0.1, 0.15) is 12.0 Å². The fourth-order valence-electron chi connectivity index (χ4n) is 3.31. The second kappa shape index (κ2) is 5.55. The Morgan fingerprint density at radius 3 is 2.80 bits per heavy atom. The van der Waals surface area contributed by atoms with Gasteiger partial charge in [-0.3, -0.25) is 9.69 Å². The number of nitrogens with zero attached hydrogens (tertiary/aromatic N) is 2. The molecular weight excluding hydrogens is 295 g/mol. The summed E-state index contributed by atoms with van der Waals surface area (Å²) >= 11 is 12.0. The lowest BCUT2D eigenvalue weighted by molar-refractivity contribution is -0.137. The molecule has 0 spiro atoms. The Morgan fingerprint density at radius 1 is 1.25 bits per heavy atom. The van der Waals surface area contributed by atoms with Crippen LogP contribution >= 0.6 is 23.2 Å². The summed E-state index contributed by atoms with van der Waals surface area (Å²) < 4.78 is 0. The van der Waals surface area contributed by atoms with Crippen LogP contribution in [0.3, 0.4) is 0 Å². The number of rotatable bonds is 2. The topological polar surface area (TPSA) is 23.6 Å². The van der Waals surface area contributed by atoms with Gasteiger partial charge in [-0.25, -0.2) is 0 Å². The minimum atomic E-state index is 0.177. The molecule has 0 radical (unpaired) electrons. The number of hydrogen-bond acceptors (Lipinski definition) is 2. The summed E-state index contributed by atoms with van der Waals surface area (Å²) in [5, 5.41) is 1.18. The lowest BCUT2D eigenvalue weighted by Crippen LogP contribution is -2.42. The first-order valence-corrected chi connectivity index (χ1v) is 7.71.